The van der Waals surface area contributed by atoms with E-state index < -0.39 is 15.4 Å². The molecule has 0 aliphatic carbocycles. The quantitative estimate of drug-likeness (QED) is 0.891. The topological polar surface area (TPSA) is 66.5 Å². The van der Waals surface area contributed by atoms with Gasteiger partial charge < -0.3 is 5.32 Å². The van der Waals surface area contributed by atoms with E-state index in [1.807, 2.05) is 19.1 Å². The minimum atomic E-state index is -3.00. The van der Waals surface area contributed by atoms with Crippen LogP contribution in [0.25, 0.3) is 0 Å². The summed E-state index contributed by atoms with van der Waals surface area (Å²) in [7, 11) is -3.00. The van der Waals surface area contributed by atoms with E-state index in [4.69, 9.17) is 0 Å². The number of sulfone groups is 1. The van der Waals surface area contributed by atoms with Crippen LogP contribution in [0, 0.1) is 0 Å². The van der Waals surface area contributed by atoms with Crippen LogP contribution in [-0.4, -0.2) is 49.4 Å². The summed E-state index contributed by atoms with van der Waals surface area (Å²) in [6.45, 7) is 3.78. The van der Waals surface area contributed by atoms with Crippen LogP contribution in [-0.2, 0) is 27.6 Å². The van der Waals surface area contributed by atoms with Crippen LogP contribution in [0.3, 0.4) is 0 Å². The zero-order valence-electron chi connectivity index (χ0n) is 12.8. The number of carbonyl (C=O) groups excluding carboxylic acids is 1. The largest absolute Gasteiger partial charge is 0.349 e. The lowest BCUT2D eigenvalue weighted by Gasteiger charge is -2.30. The molecule has 120 valence electrons. The average Bonchev–Trinajstić information content (AvgIpc) is 2.72. The van der Waals surface area contributed by atoms with E-state index in [9.17, 15) is 13.2 Å². The van der Waals surface area contributed by atoms with Gasteiger partial charge in [-0.2, -0.15) is 0 Å². The number of hydrogen-bond donors (Lipinski definition) is 1. The molecule has 3 rings (SSSR count). The van der Waals surface area contributed by atoms with Crippen LogP contribution in [0.5, 0.6) is 0 Å². The summed E-state index contributed by atoms with van der Waals surface area (Å²) in [5.41, 5.74) is 2.02. The fraction of sp³-hybridized carbons (Fsp3) is 0.562. The van der Waals surface area contributed by atoms with Crippen LogP contribution in [0.15, 0.2) is 24.3 Å². The summed E-state index contributed by atoms with van der Waals surface area (Å²) in [4.78, 5) is 14.4. The first-order valence-corrected chi connectivity index (χ1v) is 9.48. The van der Waals surface area contributed by atoms with E-state index in [0.29, 0.717) is 13.0 Å². The van der Waals surface area contributed by atoms with Gasteiger partial charge in [0, 0.05) is 13.1 Å². The van der Waals surface area contributed by atoms with Crippen LogP contribution in [0.4, 0.5) is 0 Å². The summed E-state index contributed by atoms with van der Waals surface area (Å²) in [6.07, 6.45) is 1.46. The third-order valence-electron chi connectivity index (χ3n) is 4.52. The lowest BCUT2D eigenvalue weighted by molar-refractivity contribution is -0.124. The zero-order chi connectivity index (χ0) is 15.8. The van der Waals surface area contributed by atoms with E-state index in [-0.39, 0.29) is 17.4 Å². The maximum Gasteiger partial charge on any atom is 0.234 e. The van der Waals surface area contributed by atoms with Crippen molar-refractivity contribution < 1.29 is 13.2 Å². The number of nitrogens with one attached hydrogen (secondary N) is 1. The Hall–Kier alpha value is -1.40. The van der Waals surface area contributed by atoms with E-state index in [0.717, 1.165) is 19.5 Å². The van der Waals surface area contributed by atoms with Gasteiger partial charge in [0.05, 0.1) is 23.6 Å². The molecule has 22 heavy (non-hydrogen) atoms. The van der Waals surface area contributed by atoms with Gasteiger partial charge in [0.2, 0.25) is 5.91 Å². The Morgan fingerprint density at radius 1 is 1.32 bits per heavy atom. The van der Waals surface area contributed by atoms with Gasteiger partial charge in [-0.25, -0.2) is 8.42 Å². The normalized spacial score (nSPS) is 27.3. The van der Waals surface area contributed by atoms with Crippen molar-refractivity contribution in [1.29, 1.82) is 0 Å². The monoisotopic (exact) mass is 322 g/mol. The molecule has 0 aromatic heterocycles. The number of nitrogens with zero attached hydrogens (tertiary/aromatic N) is 1. The molecule has 5 nitrogen and oxygen atoms in total. The van der Waals surface area contributed by atoms with Crippen molar-refractivity contribution >= 4 is 15.7 Å². The Labute approximate surface area is 131 Å². The highest BCUT2D eigenvalue weighted by Crippen LogP contribution is 2.23. The molecular formula is C16H22N2O3S. The van der Waals surface area contributed by atoms with Crippen LogP contribution >= 0.6 is 0 Å². The highest BCUT2D eigenvalue weighted by Gasteiger charge is 2.39. The van der Waals surface area contributed by atoms with E-state index in [1.54, 1.807) is 0 Å². The van der Waals surface area contributed by atoms with Crippen molar-refractivity contribution in [3.05, 3.63) is 35.4 Å². The Balaban J connectivity index is 1.57. The number of fused-ring (bicyclic) bond motifs is 1. The molecule has 0 saturated carbocycles. The van der Waals surface area contributed by atoms with Gasteiger partial charge >= 0.3 is 0 Å². The lowest BCUT2D eigenvalue weighted by Crippen LogP contribution is -2.50. The molecular weight excluding hydrogens is 300 g/mol. The molecule has 2 aliphatic heterocycles. The molecule has 0 unspecified atom stereocenters. The molecule has 2 heterocycles. The van der Waals surface area contributed by atoms with Gasteiger partial charge in [-0.05, 0) is 30.9 Å². The highest BCUT2D eigenvalue weighted by atomic mass is 32.2. The van der Waals surface area contributed by atoms with E-state index in [2.05, 4.69) is 22.3 Å². The van der Waals surface area contributed by atoms with Gasteiger partial charge in [-0.3, -0.25) is 9.69 Å². The van der Waals surface area contributed by atoms with Crippen molar-refractivity contribution in [2.24, 2.45) is 0 Å². The highest BCUT2D eigenvalue weighted by molar-refractivity contribution is 7.91. The Morgan fingerprint density at radius 3 is 2.73 bits per heavy atom. The standard InChI is InChI=1S/C16H22N2O3S/c1-16(7-9-22(20,21)12-16)17-15(19)11-18-8-6-13-4-2-3-5-14(13)10-18/h2-5H,6-12H2,1H3,(H,17,19)/t16-/m1/s1. The summed E-state index contributed by atoms with van der Waals surface area (Å²) in [5, 5.41) is 2.92. The molecule has 1 aromatic carbocycles. The smallest absolute Gasteiger partial charge is 0.234 e. The molecule has 1 amide bonds. The van der Waals surface area contributed by atoms with Gasteiger partial charge in [0.25, 0.3) is 0 Å². The third kappa shape index (κ3) is 3.50. The second-order valence-corrected chi connectivity index (χ2v) is 8.86. The summed E-state index contributed by atoms with van der Waals surface area (Å²) < 4.78 is 23.2. The maximum atomic E-state index is 12.2. The summed E-state index contributed by atoms with van der Waals surface area (Å²) in [6, 6.07) is 8.30. The molecule has 0 radical (unpaired) electrons. The molecule has 0 spiro atoms. The van der Waals surface area contributed by atoms with Gasteiger partial charge in [-0.15, -0.1) is 0 Å². The Morgan fingerprint density at radius 2 is 2.05 bits per heavy atom. The molecule has 0 bridgehead atoms. The molecule has 1 N–H and O–H groups in total. The van der Waals surface area contributed by atoms with Crippen molar-refractivity contribution in [3.8, 4) is 0 Å². The van der Waals surface area contributed by atoms with E-state index in [1.165, 1.54) is 11.1 Å². The first-order valence-electron chi connectivity index (χ1n) is 7.66. The Kier molecular flexibility index (Phi) is 3.99. The van der Waals surface area contributed by atoms with Crippen LogP contribution < -0.4 is 5.32 Å². The third-order valence-corrected chi connectivity index (χ3v) is 6.42. The SMILES string of the molecule is C[C@@]1(NC(=O)CN2CCc3ccccc3C2)CCS(=O)(=O)C1. The molecule has 1 saturated heterocycles. The fourth-order valence-electron chi connectivity index (χ4n) is 3.38. The molecule has 6 heteroatoms. The molecule has 1 atom stereocenters. The minimum absolute atomic E-state index is 0.0502. The van der Waals surface area contributed by atoms with E-state index >= 15 is 0 Å². The number of benzene rings is 1. The predicted octanol–water partition coefficient (Wildman–Crippen LogP) is 0.738. The molecule has 1 aromatic rings. The Bertz CT molecular complexity index is 686. The van der Waals surface area contributed by atoms with Crippen molar-refractivity contribution in [2.45, 2.75) is 31.8 Å². The van der Waals surface area contributed by atoms with Gasteiger partial charge in [0.1, 0.15) is 0 Å². The van der Waals surface area contributed by atoms with Crippen molar-refractivity contribution in [1.82, 2.24) is 10.2 Å². The summed E-state index contributed by atoms with van der Waals surface area (Å²) in [5.74, 6) is 0.133. The predicted molar refractivity (Wildman–Crippen MR) is 85.2 cm³/mol. The second-order valence-electron chi connectivity index (χ2n) is 6.68. The summed E-state index contributed by atoms with van der Waals surface area (Å²) >= 11 is 0. The van der Waals surface area contributed by atoms with Crippen LogP contribution in [0.2, 0.25) is 0 Å². The van der Waals surface area contributed by atoms with Crippen molar-refractivity contribution in [2.75, 3.05) is 24.6 Å². The van der Waals surface area contributed by atoms with Crippen LogP contribution in [0.1, 0.15) is 24.5 Å². The van der Waals surface area contributed by atoms with Gasteiger partial charge in [0.15, 0.2) is 9.84 Å². The maximum absolute atomic E-state index is 12.2. The first-order chi connectivity index (χ1) is 10.4. The van der Waals surface area contributed by atoms with Gasteiger partial charge in [-0.1, -0.05) is 24.3 Å². The molecule has 2 aliphatic rings. The number of rotatable bonds is 3. The molecule has 1 fully saturated rings. The first kappa shape index (κ1) is 15.5. The van der Waals surface area contributed by atoms with Crippen molar-refractivity contribution in [3.63, 3.8) is 0 Å². The average molecular weight is 322 g/mol. The minimum Gasteiger partial charge on any atom is -0.349 e. The number of amides is 1. The number of carbonyl (C=O) groups is 1. The second kappa shape index (κ2) is 5.66. The lowest BCUT2D eigenvalue weighted by atomic mass is 9.99. The fourth-order valence-corrected chi connectivity index (χ4v) is 5.47. The number of hydrogen-bond acceptors (Lipinski definition) is 4. The zero-order valence-corrected chi connectivity index (χ0v) is 13.7.